The number of carbonyl (C=O) groups is 1. The van der Waals surface area contributed by atoms with Gasteiger partial charge < -0.3 is 10.3 Å². The Morgan fingerprint density at radius 2 is 2.00 bits per heavy atom. The molecule has 1 unspecified atom stereocenters. The molecule has 1 aliphatic carbocycles. The van der Waals surface area contributed by atoms with E-state index >= 15 is 0 Å². The predicted molar refractivity (Wildman–Crippen MR) is 99.0 cm³/mol. The van der Waals surface area contributed by atoms with Crippen molar-refractivity contribution in [2.24, 2.45) is 0 Å². The van der Waals surface area contributed by atoms with E-state index in [1.807, 2.05) is 6.92 Å². The van der Waals surface area contributed by atoms with E-state index in [9.17, 15) is 14.0 Å². The molecule has 4 rings (SSSR count). The first-order chi connectivity index (χ1) is 12.6. The van der Waals surface area contributed by atoms with Crippen LogP contribution in [-0.2, 0) is 4.79 Å². The maximum atomic E-state index is 13.4. The highest BCUT2D eigenvalue weighted by Gasteiger charge is 2.37. The maximum absolute atomic E-state index is 13.4. The molecule has 0 saturated heterocycles. The fourth-order valence-corrected chi connectivity index (χ4v) is 4.23. The Kier molecular flexibility index (Phi) is 4.40. The lowest BCUT2D eigenvalue weighted by atomic mass is 9.76. The Bertz CT molecular complexity index is 966. The van der Waals surface area contributed by atoms with Crippen LogP contribution < -0.4 is 10.9 Å². The first kappa shape index (κ1) is 17.0. The number of carbonyl (C=O) groups excluding carboxylic acids is 1. The van der Waals surface area contributed by atoms with Crippen LogP contribution in [-0.4, -0.2) is 21.5 Å². The molecule has 1 atom stereocenters. The van der Waals surface area contributed by atoms with E-state index in [4.69, 9.17) is 0 Å². The summed E-state index contributed by atoms with van der Waals surface area (Å²) < 4.78 is 13.4. The van der Waals surface area contributed by atoms with Crippen molar-refractivity contribution in [2.75, 3.05) is 11.1 Å². The van der Waals surface area contributed by atoms with Gasteiger partial charge in [0.15, 0.2) is 10.9 Å². The maximum Gasteiger partial charge on any atom is 0.257 e. The van der Waals surface area contributed by atoms with Crippen LogP contribution in [0, 0.1) is 5.82 Å². The molecule has 0 fully saturated rings. The predicted octanol–water partition coefficient (Wildman–Crippen LogP) is 3.59. The number of thioether (sulfide) groups is 1. The number of anilines is 1. The first-order valence-corrected chi connectivity index (χ1v) is 9.62. The molecule has 2 aromatic rings. The summed E-state index contributed by atoms with van der Waals surface area (Å²) in [5, 5.41) is 3.77. The van der Waals surface area contributed by atoms with Crippen molar-refractivity contribution in [1.82, 2.24) is 9.97 Å². The summed E-state index contributed by atoms with van der Waals surface area (Å²) in [6.07, 6.45) is 1.97. The summed E-state index contributed by atoms with van der Waals surface area (Å²) >= 11 is 1.45. The molecule has 7 heteroatoms. The molecular formula is C19H18FN3O2S. The average Bonchev–Trinajstić information content (AvgIpc) is 2.61. The number of allylic oxidation sites excluding steroid dienone is 2. The topological polar surface area (TPSA) is 74.8 Å². The number of rotatable bonds is 3. The molecule has 26 heavy (non-hydrogen) atoms. The number of aromatic nitrogens is 2. The number of nitrogens with one attached hydrogen (secondary N) is 2. The van der Waals surface area contributed by atoms with Crippen LogP contribution in [0.15, 0.2) is 45.5 Å². The number of ketones is 1. The van der Waals surface area contributed by atoms with Crippen LogP contribution in [0.2, 0.25) is 0 Å². The number of fused-ring (bicyclic) bond motifs is 1. The summed E-state index contributed by atoms with van der Waals surface area (Å²) in [5.74, 6) is 0.438. The highest BCUT2D eigenvalue weighted by atomic mass is 32.2. The van der Waals surface area contributed by atoms with Crippen LogP contribution in [0.25, 0.3) is 0 Å². The minimum Gasteiger partial charge on any atom is -0.343 e. The SMILES string of the molecule is CCSc1nc2c(c(=O)[nH]1)C(c1ccc(F)cc1)C1=C(CCCC1=O)N2. The Hall–Kier alpha value is -2.41. The average molecular weight is 371 g/mol. The van der Waals surface area contributed by atoms with Gasteiger partial charge in [0.2, 0.25) is 0 Å². The molecule has 0 bridgehead atoms. The van der Waals surface area contributed by atoms with Gasteiger partial charge in [0.1, 0.15) is 11.6 Å². The van der Waals surface area contributed by atoms with E-state index < -0.39 is 5.92 Å². The van der Waals surface area contributed by atoms with Gasteiger partial charge in [-0.15, -0.1) is 0 Å². The second kappa shape index (κ2) is 6.72. The third-order valence-corrected chi connectivity index (χ3v) is 5.48. The number of hydrogen-bond donors (Lipinski definition) is 2. The number of H-pyrrole nitrogens is 1. The number of Topliss-reactive ketones (excluding diaryl/α,β-unsaturated/α-hetero) is 1. The fraction of sp³-hybridized carbons (Fsp3) is 0.316. The minimum atomic E-state index is -0.522. The summed E-state index contributed by atoms with van der Waals surface area (Å²) in [4.78, 5) is 32.9. The van der Waals surface area contributed by atoms with E-state index in [0.29, 0.717) is 28.5 Å². The smallest absolute Gasteiger partial charge is 0.257 e. The summed E-state index contributed by atoms with van der Waals surface area (Å²) in [7, 11) is 0. The minimum absolute atomic E-state index is 0.0325. The zero-order valence-electron chi connectivity index (χ0n) is 14.3. The van der Waals surface area contributed by atoms with Crippen molar-refractivity contribution in [3.63, 3.8) is 0 Å². The van der Waals surface area contributed by atoms with Crippen molar-refractivity contribution in [1.29, 1.82) is 0 Å². The molecule has 2 heterocycles. The lowest BCUT2D eigenvalue weighted by Crippen LogP contribution is -2.32. The van der Waals surface area contributed by atoms with E-state index in [1.165, 1.54) is 23.9 Å². The van der Waals surface area contributed by atoms with Crippen LogP contribution in [0.3, 0.4) is 0 Å². The molecule has 0 amide bonds. The fourth-order valence-electron chi connectivity index (χ4n) is 3.63. The van der Waals surface area contributed by atoms with Crippen molar-refractivity contribution in [3.8, 4) is 0 Å². The van der Waals surface area contributed by atoms with E-state index in [1.54, 1.807) is 12.1 Å². The lowest BCUT2D eigenvalue weighted by molar-refractivity contribution is -0.116. The second-order valence-electron chi connectivity index (χ2n) is 6.34. The molecule has 0 spiro atoms. The third kappa shape index (κ3) is 2.86. The highest BCUT2D eigenvalue weighted by molar-refractivity contribution is 7.99. The van der Waals surface area contributed by atoms with Gasteiger partial charge >= 0.3 is 0 Å². The van der Waals surface area contributed by atoms with Gasteiger partial charge in [-0.3, -0.25) is 9.59 Å². The molecule has 1 aliphatic heterocycles. The summed E-state index contributed by atoms with van der Waals surface area (Å²) in [5.41, 5.74) is 2.32. The Labute approximate surface area is 154 Å². The molecule has 1 aromatic heterocycles. The summed E-state index contributed by atoms with van der Waals surface area (Å²) in [6, 6.07) is 5.98. The second-order valence-corrected chi connectivity index (χ2v) is 7.60. The number of benzene rings is 1. The molecule has 5 nitrogen and oxygen atoms in total. The Morgan fingerprint density at radius 3 is 2.73 bits per heavy atom. The Balaban J connectivity index is 1.94. The molecule has 134 valence electrons. The van der Waals surface area contributed by atoms with E-state index in [0.717, 1.165) is 29.9 Å². The van der Waals surface area contributed by atoms with Gasteiger partial charge in [0.05, 0.1) is 5.56 Å². The van der Waals surface area contributed by atoms with Gasteiger partial charge in [-0.25, -0.2) is 9.37 Å². The standard InChI is InChI=1S/C19H18FN3O2S/c1-2-26-19-22-17-16(18(25)23-19)14(10-6-8-11(20)9-7-10)15-12(21-17)4-3-5-13(15)24/h6-9,14H,2-5H2,1H3,(H2,21,22,23,25). The quantitative estimate of drug-likeness (QED) is 0.637. The largest absolute Gasteiger partial charge is 0.343 e. The molecule has 0 saturated carbocycles. The first-order valence-electron chi connectivity index (χ1n) is 8.64. The lowest BCUT2D eigenvalue weighted by Gasteiger charge is -2.32. The van der Waals surface area contributed by atoms with Crippen LogP contribution in [0.4, 0.5) is 10.2 Å². The number of hydrogen-bond acceptors (Lipinski definition) is 5. The molecule has 2 N–H and O–H groups in total. The molecule has 1 aromatic carbocycles. The van der Waals surface area contributed by atoms with Crippen LogP contribution in [0.5, 0.6) is 0 Å². The monoisotopic (exact) mass is 371 g/mol. The summed E-state index contributed by atoms with van der Waals surface area (Å²) in [6.45, 7) is 1.99. The molecule has 0 radical (unpaired) electrons. The third-order valence-electron chi connectivity index (χ3n) is 4.72. The van der Waals surface area contributed by atoms with Crippen molar-refractivity contribution in [3.05, 3.63) is 62.8 Å². The Morgan fingerprint density at radius 1 is 1.23 bits per heavy atom. The highest BCUT2D eigenvalue weighted by Crippen LogP contribution is 2.43. The van der Waals surface area contributed by atoms with Crippen molar-refractivity contribution >= 4 is 23.4 Å². The zero-order valence-corrected chi connectivity index (χ0v) is 15.1. The van der Waals surface area contributed by atoms with Gasteiger partial charge in [0, 0.05) is 23.6 Å². The normalized spacial score (nSPS) is 19.0. The molecular weight excluding hydrogens is 353 g/mol. The van der Waals surface area contributed by atoms with Gasteiger partial charge in [0.25, 0.3) is 5.56 Å². The van der Waals surface area contributed by atoms with E-state index in [2.05, 4.69) is 15.3 Å². The van der Waals surface area contributed by atoms with Gasteiger partial charge in [-0.2, -0.15) is 0 Å². The number of halogens is 1. The van der Waals surface area contributed by atoms with Crippen LogP contribution >= 0.6 is 11.8 Å². The van der Waals surface area contributed by atoms with E-state index in [-0.39, 0.29) is 17.2 Å². The van der Waals surface area contributed by atoms with Gasteiger partial charge in [-0.05, 0) is 36.3 Å². The van der Waals surface area contributed by atoms with Crippen LogP contribution in [0.1, 0.15) is 43.2 Å². The number of nitrogens with zero attached hydrogens (tertiary/aromatic N) is 1. The molecule has 2 aliphatic rings. The number of aromatic amines is 1. The van der Waals surface area contributed by atoms with Crippen molar-refractivity contribution in [2.45, 2.75) is 37.3 Å². The zero-order chi connectivity index (χ0) is 18.3. The van der Waals surface area contributed by atoms with Gasteiger partial charge in [-0.1, -0.05) is 30.8 Å². The van der Waals surface area contributed by atoms with Crippen molar-refractivity contribution < 1.29 is 9.18 Å².